The van der Waals surface area contributed by atoms with E-state index in [9.17, 15) is 14.4 Å². The van der Waals surface area contributed by atoms with Crippen LogP contribution in [-0.4, -0.2) is 41.6 Å². The molecule has 3 aromatic rings. The number of hydrogen-bond donors (Lipinski definition) is 0. The minimum atomic E-state index is -0.416. The number of aromatic nitrogens is 1. The normalized spacial score (nSPS) is 10.6. The molecule has 0 aliphatic rings. The zero-order valence-electron chi connectivity index (χ0n) is 16.8. The fourth-order valence-electron chi connectivity index (χ4n) is 2.88. The number of thiazole rings is 1. The maximum Gasteiger partial charge on any atom is 0.253 e. The molecule has 6 nitrogen and oxygen atoms in total. The quantitative estimate of drug-likeness (QED) is 0.357. The number of ketones is 1. The fraction of sp³-hybridized carbons (Fsp3) is 0.182. The Balaban J connectivity index is 1.94. The van der Waals surface area contributed by atoms with Crippen LogP contribution >= 0.6 is 34.5 Å². The minimum absolute atomic E-state index is 0.153. The van der Waals surface area contributed by atoms with Gasteiger partial charge in [0.15, 0.2) is 5.01 Å². The van der Waals surface area contributed by atoms with Crippen molar-refractivity contribution in [3.05, 3.63) is 80.2 Å². The van der Waals surface area contributed by atoms with Gasteiger partial charge in [0, 0.05) is 36.9 Å². The predicted molar refractivity (Wildman–Crippen MR) is 123 cm³/mol. The number of nitrogens with zero attached hydrogens (tertiary/aromatic N) is 3. The summed E-state index contributed by atoms with van der Waals surface area (Å²) in [7, 11) is 3.31. The van der Waals surface area contributed by atoms with Crippen molar-refractivity contribution >= 4 is 57.8 Å². The maximum atomic E-state index is 13.1. The second-order valence-electron chi connectivity index (χ2n) is 6.92. The third kappa shape index (κ3) is 5.70. The van der Waals surface area contributed by atoms with Gasteiger partial charge in [-0.3, -0.25) is 14.4 Å². The number of benzene rings is 2. The summed E-state index contributed by atoms with van der Waals surface area (Å²) in [4.78, 5) is 44.9. The highest BCUT2D eigenvalue weighted by Gasteiger charge is 2.23. The molecule has 0 aliphatic carbocycles. The first-order valence-corrected chi connectivity index (χ1v) is 10.9. The van der Waals surface area contributed by atoms with Crippen molar-refractivity contribution in [3.63, 3.8) is 0 Å². The molecule has 0 N–H and O–H groups in total. The molecule has 2 aromatic carbocycles. The maximum absolute atomic E-state index is 13.1. The van der Waals surface area contributed by atoms with Crippen LogP contribution in [0.5, 0.6) is 0 Å². The van der Waals surface area contributed by atoms with Crippen LogP contribution in [-0.2, 0) is 11.3 Å². The summed E-state index contributed by atoms with van der Waals surface area (Å²) < 4.78 is 0. The SMILES string of the molecule is CN(C)C(=O)c1cccc(N(Cc2ccc(Cl)c(Cl)c2)C(=O)CC(=O)c2nccs2)c1. The molecular weight excluding hydrogens is 457 g/mol. The average Bonchev–Trinajstić information content (AvgIpc) is 3.29. The molecule has 0 saturated heterocycles. The number of anilines is 1. The van der Waals surface area contributed by atoms with Crippen LogP contribution in [0.15, 0.2) is 54.0 Å². The van der Waals surface area contributed by atoms with Gasteiger partial charge in [-0.05, 0) is 35.9 Å². The van der Waals surface area contributed by atoms with Gasteiger partial charge in [0.2, 0.25) is 11.7 Å². The Kier molecular flexibility index (Phi) is 7.43. The highest BCUT2D eigenvalue weighted by molar-refractivity contribution is 7.11. The van der Waals surface area contributed by atoms with E-state index in [1.54, 1.807) is 61.9 Å². The standard InChI is InChI=1S/C22H19Cl2N3O3S/c1-26(2)22(30)15-4-3-5-16(11-15)27(13-14-6-7-17(23)18(24)10-14)20(29)12-19(28)21-25-8-9-31-21/h3-11H,12-13H2,1-2H3. The van der Waals surface area contributed by atoms with Crippen molar-refractivity contribution in [2.24, 2.45) is 0 Å². The Hall–Kier alpha value is -2.74. The lowest BCUT2D eigenvalue weighted by molar-refractivity contribution is -0.117. The molecule has 0 fully saturated rings. The molecule has 0 aliphatic heterocycles. The molecule has 2 amide bonds. The van der Waals surface area contributed by atoms with Gasteiger partial charge < -0.3 is 9.80 Å². The van der Waals surface area contributed by atoms with Crippen molar-refractivity contribution in [2.75, 3.05) is 19.0 Å². The van der Waals surface area contributed by atoms with Crippen molar-refractivity contribution in [2.45, 2.75) is 13.0 Å². The van der Waals surface area contributed by atoms with Crippen LogP contribution in [0, 0.1) is 0 Å². The van der Waals surface area contributed by atoms with E-state index in [0.29, 0.717) is 21.3 Å². The van der Waals surface area contributed by atoms with E-state index in [4.69, 9.17) is 23.2 Å². The minimum Gasteiger partial charge on any atom is -0.345 e. The molecule has 0 unspecified atom stereocenters. The molecule has 31 heavy (non-hydrogen) atoms. The molecule has 1 aromatic heterocycles. The van der Waals surface area contributed by atoms with Gasteiger partial charge in [-0.2, -0.15) is 0 Å². The molecule has 1 heterocycles. The van der Waals surface area contributed by atoms with Crippen molar-refractivity contribution < 1.29 is 14.4 Å². The number of halogens is 2. The van der Waals surface area contributed by atoms with Gasteiger partial charge >= 0.3 is 0 Å². The molecular formula is C22H19Cl2N3O3S. The highest BCUT2D eigenvalue weighted by Crippen LogP contribution is 2.26. The first-order valence-electron chi connectivity index (χ1n) is 9.25. The molecule has 3 rings (SSSR count). The third-order valence-electron chi connectivity index (χ3n) is 4.42. The molecule has 0 bridgehead atoms. The number of carbonyl (C=O) groups excluding carboxylic acids is 3. The van der Waals surface area contributed by atoms with E-state index in [1.165, 1.54) is 27.3 Å². The molecule has 0 atom stereocenters. The van der Waals surface area contributed by atoms with E-state index in [0.717, 1.165) is 5.56 Å². The highest BCUT2D eigenvalue weighted by atomic mass is 35.5. The van der Waals surface area contributed by atoms with E-state index in [1.807, 2.05) is 0 Å². The molecule has 0 radical (unpaired) electrons. The Labute approximate surface area is 194 Å². The summed E-state index contributed by atoms with van der Waals surface area (Å²) in [5.74, 6) is -0.969. The number of rotatable bonds is 7. The van der Waals surface area contributed by atoms with Crippen LogP contribution in [0.3, 0.4) is 0 Å². The fourth-order valence-corrected chi connectivity index (χ4v) is 3.78. The Morgan fingerprint density at radius 1 is 1.03 bits per heavy atom. The second kappa shape index (κ2) is 10.0. The van der Waals surface area contributed by atoms with Gasteiger partial charge in [-0.15, -0.1) is 11.3 Å². The van der Waals surface area contributed by atoms with Gasteiger partial charge in [0.1, 0.15) is 0 Å². The molecule has 0 spiro atoms. The van der Waals surface area contributed by atoms with Gasteiger partial charge in [0.25, 0.3) is 5.91 Å². The van der Waals surface area contributed by atoms with Crippen LogP contribution < -0.4 is 4.90 Å². The smallest absolute Gasteiger partial charge is 0.253 e. The van der Waals surface area contributed by atoms with Crippen molar-refractivity contribution in [1.29, 1.82) is 0 Å². The second-order valence-corrected chi connectivity index (χ2v) is 8.62. The first kappa shape index (κ1) is 22.9. The summed E-state index contributed by atoms with van der Waals surface area (Å²) in [6.07, 6.45) is 1.17. The molecule has 0 saturated carbocycles. The van der Waals surface area contributed by atoms with E-state index >= 15 is 0 Å². The zero-order valence-corrected chi connectivity index (χ0v) is 19.2. The van der Waals surface area contributed by atoms with E-state index in [2.05, 4.69) is 4.98 Å². The molecule has 160 valence electrons. The van der Waals surface area contributed by atoms with Crippen LogP contribution in [0.25, 0.3) is 0 Å². The summed E-state index contributed by atoms with van der Waals surface area (Å²) >= 11 is 13.3. The lowest BCUT2D eigenvalue weighted by Gasteiger charge is -2.24. The monoisotopic (exact) mass is 475 g/mol. The third-order valence-corrected chi connectivity index (χ3v) is 5.97. The summed E-state index contributed by atoms with van der Waals surface area (Å²) in [6.45, 7) is 0.153. The van der Waals surface area contributed by atoms with Gasteiger partial charge in [-0.25, -0.2) is 4.98 Å². The molecule has 9 heteroatoms. The first-order chi connectivity index (χ1) is 14.8. The van der Waals surface area contributed by atoms with Crippen LogP contribution in [0.2, 0.25) is 10.0 Å². The van der Waals surface area contributed by atoms with Crippen molar-refractivity contribution in [1.82, 2.24) is 9.88 Å². The van der Waals surface area contributed by atoms with E-state index < -0.39 is 5.91 Å². The zero-order chi connectivity index (χ0) is 22.5. The van der Waals surface area contributed by atoms with Gasteiger partial charge in [0.05, 0.1) is 23.0 Å². The predicted octanol–water partition coefficient (Wildman–Crippen LogP) is 4.96. The number of hydrogen-bond acceptors (Lipinski definition) is 5. The Bertz CT molecular complexity index is 1120. The largest absolute Gasteiger partial charge is 0.345 e. The number of Topliss-reactive ketones (excluding diaryl/α,β-unsaturated/α-hetero) is 1. The van der Waals surface area contributed by atoms with Crippen molar-refractivity contribution in [3.8, 4) is 0 Å². The van der Waals surface area contributed by atoms with E-state index in [-0.39, 0.29) is 29.7 Å². The van der Waals surface area contributed by atoms with Gasteiger partial charge in [-0.1, -0.05) is 35.3 Å². The number of amides is 2. The summed E-state index contributed by atoms with van der Waals surface area (Å²) in [6, 6.07) is 11.8. The van der Waals surface area contributed by atoms with Crippen LogP contribution in [0.4, 0.5) is 5.69 Å². The summed E-state index contributed by atoms with van der Waals surface area (Å²) in [5, 5.41) is 2.73. The average molecular weight is 476 g/mol. The Morgan fingerprint density at radius 3 is 2.45 bits per heavy atom. The summed E-state index contributed by atoms with van der Waals surface area (Å²) in [5.41, 5.74) is 1.66. The topological polar surface area (TPSA) is 70.6 Å². The Morgan fingerprint density at radius 2 is 1.81 bits per heavy atom. The number of carbonyl (C=O) groups is 3. The van der Waals surface area contributed by atoms with Crippen LogP contribution in [0.1, 0.15) is 32.1 Å². The lowest BCUT2D eigenvalue weighted by Crippen LogP contribution is -2.32. The lowest BCUT2D eigenvalue weighted by atomic mass is 10.1.